The summed E-state index contributed by atoms with van der Waals surface area (Å²) in [6.45, 7) is 2.53. The van der Waals surface area contributed by atoms with Gasteiger partial charge in [-0.2, -0.15) is 13.2 Å². The van der Waals surface area contributed by atoms with E-state index in [4.69, 9.17) is 0 Å². The molecule has 0 saturated heterocycles. The average Bonchev–Trinajstić information content (AvgIpc) is 3.21. The third-order valence-corrected chi connectivity index (χ3v) is 5.46. The van der Waals surface area contributed by atoms with Gasteiger partial charge in [-0.3, -0.25) is 4.79 Å². The van der Waals surface area contributed by atoms with Crippen LogP contribution in [0.1, 0.15) is 11.1 Å². The van der Waals surface area contributed by atoms with Gasteiger partial charge in [0.2, 0.25) is 5.91 Å². The Morgan fingerprint density at radius 2 is 1.89 bits per heavy atom. The highest BCUT2D eigenvalue weighted by molar-refractivity contribution is 6.00. The van der Waals surface area contributed by atoms with Crippen LogP contribution in [0.2, 0.25) is 0 Å². The van der Waals surface area contributed by atoms with Crippen LogP contribution < -0.4 is 5.32 Å². The van der Waals surface area contributed by atoms with E-state index < -0.39 is 17.6 Å². The van der Waals surface area contributed by atoms with E-state index in [0.717, 1.165) is 34.2 Å². The Morgan fingerprint density at radius 3 is 2.60 bits per heavy atom. The Balaban J connectivity index is 1.75. The second kappa shape index (κ2) is 9.76. The van der Waals surface area contributed by atoms with E-state index in [1.165, 1.54) is 18.3 Å². The summed E-state index contributed by atoms with van der Waals surface area (Å²) >= 11 is 0. The van der Waals surface area contributed by atoms with Crippen LogP contribution in [-0.4, -0.2) is 41.4 Å². The number of aryl methyl sites for hydroxylation is 1. The largest absolute Gasteiger partial charge is 0.416 e. The zero-order chi connectivity index (χ0) is 25.2. The number of hydrogen-bond donors (Lipinski definition) is 2. The molecule has 0 aliphatic heterocycles. The Kier molecular flexibility index (Phi) is 6.75. The first-order chi connectivity index (χ1) is 16.6. The summed E-state index contributed by atoms with van der Waals surface area (Å²) in [5, 5.41) is 3.34. The van der Waals surface area contributed by atoms with Crippen LogP contribution in [-0.2, 0) is 11.0 Å². The number of likely N-dealkylation sites (N-methyl/N-ethyl adjacent to an activating group) is 1. The number of nitrogens with one attached hydrogen (secondary N) is 2. The van der Waals surface area contributed by atoms with Crippen molar-refractivity contribution in [2.24, 2.45) is 0 Å². The number of nitrogens with zero attached hydrogens (tertiary/aromatic N) is 2. The van der Waals surface area contributed by atoms with Crippen molar-refractivity contribution in [3.63, 3.8) is 0 Å². The van der Waals surface area contributed by atoms with Crippen LogP contribution in [0.25, 0.3) is 33.3 Å². The number of aromatic nitrogens is 2. The molecular weight excluding hydrogens is 453 g/mol. The smallest absolute Gasteiger partial charge is 0.346 e. The van der Waals surface area contributed by atoms with Gasteiger partial charge in [-0.25, -0.2) is 4.98 Å². The fraction of sp³-hybridized carbons (Fsp3) is 0.185. The lowest BCUT2D eigenvalue weighted by molar-refractivity contribution is -0.137. The third-order valence-electron chi connectivity index (χ3n) is 5.46. The second-order valence-electron chi connectivity index (χ2n) is 8.64. The fourth-order valence-electron chi connectivity index (χ4n) is 3.80. The first kappa shape index (κ1) is 24.2. The molecule has 0 fully saturated rings. The number of alkyl halides is 3. The molecule has 180 valence electrons. The van der Waals surface area contributed by atoms with E-state index in [1.807, 2.05) is 62.4 Å². The molecule has 0 saturated carbocycles. The number of amides is 1. The highest BCUT2D eigenvalue weighted by Gasteiger charge is 2.31. The number of rotatable bonds is 6. The lowest BCUT2D eigenvalue weighted by Gasteiger charge is -2.13. The molecule has 5 nitrogen and oxygen atoms in total. The zero-order valence-corrected chi connectivity index (χ0v) is 19.6. The van der Waals surface area contributed by atoms with Gasteiger partial charge in [0.25, 0.3) is 0 Å². The third kappa shape index (κ3) is 5.78. The number of anilines is 1. The Labute approximate surface area is 201 Å². The molecule has 8 heteroatoms. The number of benzene rings is 2. The minimum Gasteiger partial charge on any atom is -0.346 e. The first-order valence-electron chi connectivity index (χ1n) is 11.0. The SMILES string of the molecule is Cc1cccc(-c2c[nH]c3ncc(-c4cc(NC(=O)/C=C/CN(C)C)cc(C(F)(F)F)c4)cc23)c1. The molecule has 4 rings (SSSR count). The van der Waals surface area contributed by atoms with Gasteiger partial charge in [-0.1, -0.05) is 35.9 Å². The highest BCUT2D eigenvalue weighted by atomic mass is 19.4. The maximum Gasteiger partial charge on any atom is 0.416 e. The second-order valence-corrected chi connectivity index (χ2v) is 8.64. The van der Waals surface area contributed by atoms with Crippen molar-refractivity contribution in [1.29, 1.82) is 0 Å². The maximum atomic E-state index is 13.7. The molecule has 0 unspecified atom stereocenters. The molecule has 1 amide bonds. The molecule has 0 aliphatic rings. The van der Waals surface area contributed by atoms with Gasteiger partial charge in [0, 0.05) is 47.2 Å². The van der Waals surface area contributed by atoms with Gasteiger partial charge < -0.3 is 15.2 Å². The fourth-order valence-corrected chi connectivity index (χ4v) is 3.80. The minimum absolute atomic E-state index is 0.0578. The van der Waals surface area contributed by atoms with E-state index in [1.54, 1.807) is 6.08 Å². The molecule has 2 aromatic heterocycles. The summed E-state index contributed by atoms with van der Waals surface area (Å²) in [5.74, 6) is -0.502. The molecule has 2 N–H and O–H groups in total. The van der Waals surface area contributed by atoms with Crippen molar-refractivity contribution in [1.82, 2.24) is 14.9 Å². The summed E-state index contributed by atoms with van der Waals surface area (Å²) in [4.78, 5) is 21.7. The molecule has 2 heterocycles. The maximum absolute atomic E-state index is 13.7. The normalized spacial score (nSPS) is 12.1. The van der Waals surface area contributed by atoms with Gasteiger partial charge in [0.15, 0.2) is 0 Å². The van der Waals surface area contributed by atoms with Crippen molar-refractivity contribution in [3.05, 3.63) is 84.2 Å². The molecule has 0 bridgehead atoms. The van der Waals surface area contributed by atoms with Gasteiger partial charge in [-0.15, -0.1) is 0 Å². The summed E-state index contributed by atoms with van der Waals surface area (Å²) in [5.41, 5.74) is 3.64. The van der Waals surface area contributed by atoms with Gasteiger partial charge >= 0.3 is 6.18 Å². The molecule has 0 spiro atoms. The zero-order valence-electron chi connectivity index (χ0n) is 19.6. The molecule has 0 aliphatic carbocycles. The summed E-state index contributed by atoms with van der Waals surface area (Å²) < 4.78 is 41.0. The number of carbonyl (C=O) groups is 1. The number of carbonyl (C=O) groups excluding carboxylic acids is 1. The lowest BCUT2D eigenvalue weighted by Crippen LogP contribution is -2.13. The van der Waals surface area contributed by atoms with Gasteiger partial charge in [0.05, 0.1) is 5.56 Å². The van der Waals surface area contributed by atoms with Gasteiger partial charge in [-0.05, 0) is 56.4 Å². The Bertz CT molecular complexity index is 1400. The summed E-state index contributed by atoms with van der Waals surface area (Å²) in [7, 11) is 3.70. The van der Waals surface area contributed by atoms with E-state index in [9.17, 15) is 18.0 Å². The van der Waals surface area contributed by atoms with Crippen molar-refractivity contribution >= 4 is 22.6 Å². The van der Waals surface area contributed by atoms with Gasteiger partial charge in [0.1, 0.15) is 5.65 Å². The first-order valence-corrected chi connectivity index (χ1v) is 11.0. The summed E-state index contributed by atoms with van der Waals surface area (Å²) in [6, 6.07) is 13.3. The molecule has 0 radical (unpaired) electrons. The number of hydrogen-bond acceptors (Lipinski definition) is 3. The van der Waals surface area contributed by atoms with Crippen molar-refractivity contribution < 1.29 is 18.0 Å². The van der Waals surface area contributed by atoms with Crippen LogP contribution in [0.15, 0.2) is 73.1 Å². The highest BCUT2D eigenvalue weighted by Crippen LogP contribution is 2.36. The minimum atomic E-state index is -4.57. The predicted octanol–water partition coefficient (Wildman–Crippen LogP) is 6.28. The van der Waals surface area contributed by atoms with Crippen LogP contribution >= 0.6 is 0 Å². The van der Waals surface area contributed by atoms with E-state index in [2.05, 4.69) is 15.3 Å². The molecule has 2 aromatic carbocycles. The monoisotopic (exact) mass is 478 g/mol. The number of halogens is 3. The standard InChI is InChI=1S/C27H25F3N4O/c1-17-6-4-7-18(10-17)24-16-32-26-23(24)13-20(15-31-26)19-11-21(27(28,29)30)14-22(12-19)33-25(35)8-5-9-34(2)3/h4-8,10-16H,9H2,1-3H3,(H,31,32)(H,33,35)/b8-5+. The average molecular weight is 479 g/mol. The Hall–Kier alpha value is -3.91. The van der Waals surface area contributed by atoms with E-state index in [0.29, 0.717) is 23.3 Å². The lowest BCUT2D eigenvalue weighted by atomic mass is 9.99. The van der Waals surface area contributed by atoms with E-state index >= 15 is 0 Å². The molecule has 35 heavy (non-hydrogen) atoms. The predicted molar refractivity (Wildman–Crippen MR) is 133 cm³/mol. The van der Waals surface area contributed by atoms with Crippen LogP contribution in [0, 0.1) is 6.92 Å². The number of fused-ring (bicyclic) bond motifs is 1. The van der Waals surface area contributed by atoms with Crippen molar-refractivity contribution in [3.8, 4) is 22.3 Å². The van der Waals surface area contributed by atoms with E-state index in [-0.39, 0.29) is 5.69 Å². The number of pyridine rings is 1. The topological polar surface area (TPSA) is 61.0 Å². The van der Waals surface area contributed by atoms with Crippen molar-refractivity contribution in [2.45, 2.75) is 13.1 Å². The molecule has 4 aromatic rings. The number of aromatic amines is 1. The summed E-state index contributed by atoms with van der Waals surface area (Å²) in [6.07, 6.45) is 1.74. The molecular formula is C27H25F3N4O. The molecule has 0 atom stereocenters. The van der Waals surface area contributed by atoms with Crippen molar-refractivity contribution in [2.75, 3.05) is 26.0 Å². The number of H-pyrrole nitrogens is 1. The Morgan fingerprint density at radius 1 is 1.09 bits per heavy atom. The quantitative estimate of drug-likeness (QED) is 0.321. The van der Waals surface area contributed by atoms with Crippen LogP contribution in [0.5, 0.6) is 0 Å². The van der Waals surface area contributed by atoms with Crippen LogP contribution in [0.3, 0.4) is 0 Å². The van der Waals surface area contributed by atoms with Crippen LogP contribution in [0.4, 0.5) is 18.9 Å².